The van der Waals surface area contributed by atoms with Crippen molar-refractivity contribution < 1.29 is 4.74 Å². The van der Waals surface area contributed by atoms with Crippen LogP contribution < -0.4 is 15.8 Å². The van der Waals surface area contributed by atoms with Crippen LogP contribution in [0.25, 0.3) is 0 Å². The second-order valence-electron chi connectivity index (χ2n) is 4.28. The molecule has 1 heterocycles. The predicted octanol–water partition coefficient (Wildman–Crippen LogP) is 1.86. The summed E-state index contributed by atoms with van der Waals surface area (Å²) in [7, 11) is 0. The molecule has 0 fully saturated rings. The molecule has 1 aromatic heterocycles. The van der Waals surface area contributed by atoms with Gasteiger partial charge in [-0.2, -0.15) is 20.2 Å². The number of ether oxygens (including phenoxy) is 1. The van der Waals surface area contributed by atoms with Crippen LogP contribution in [0.15, 0.2) is 24.3 Å². The summed E-state index contributed by atoms with van der Waals surface area (Å²) in [5.74, 6) is 0.331. The highest BCUT2D eigenvalue weighted by atomic mass is 16.5. The second kappa shape index (κ2) is 5.84. The summed E-state index contributed by atoms with van der Waals surface area (Å²) >= 11 is 0. The number of hydrogen-bond donors (Lipinski definition) is 2. The van der Waals surface area contributed by atoms with Gasteiger partial charge in [0.15, 0.2) is 0 Å². The lowest BCUT2D eigenvalue weighted by molar-refractivity contribution is 0.222. The molecule has 2 rings (SSSR count). The van der Waals surface area contributed by atoms with Crippen molar-refractivity contribution in [3.05, 3.63) is 29.8 Å². The third kappa shape index (κ3) is 3.55. The van der Waals surface area contributed by atoms with Crippen molar-refractivity contribution in [2.24, 2.45) is 0 Å². The Kier molecular flexibility index (Phi) is 3.96. The molecular formula is C13H14N6O. The summed E-state index contributed by atoms with van der Waals surface area (Å²) in [6, 6.07) is 9.17. The number of nitrogen functional groups attached to an aromatic ring is 1. The highest BCUT2D eigenvalue weighted by Crippen LogP contribution is 2.17. The van der Waals surface area contributed by atoms with E-state index in [-0.39, 0.29) is 24.0 Å². The van der Waals surface area contributed by atoms with Crippen LogP contribution in [0.1, 0.15) is 19.4 Å². The molecular weight excluding hydrogens is 256 g/mol. The van der Waals surface area contributed by atoms with Gasteiger partial charge in [0.05, 0.1) is 17.7 Å². The highest BCUT2D eigenvalue weighted by Gasteiger charge is 2.07. The van der Waals surface area contributed by atoms with Crippen molar-refractivity contribution in [3.63, 3.8) is 0 Å². The van der Waals surface area contributed by atoms with Crippen LogP contribution in [0.5, 0.6) is 6.01 Å². The zero-order valence-corrected chi connectivity index (χ0v) is 11.2. The molecule has 102 valence electrons. The number of anilines is 3. The molecule has 0 unspecified atom stereocenters. The number of nitriles is 1. The standard InChI is InChI=1S/C13H14N6O/c1-8(2)20-13-18-11(15)17-12(19-13)16-10-5-3-4-9(6-10)7-14/h3-6,8H,1-2H3,(H3,15,16,17,18,19). The Balaban J connectivity index is 2.24. The van der Waals surface area contributed by atoms with E-state index in [2.05, 4.69) is 26.3 Å². The fourth-order valence-electron chi connectivity index (χ4n) is 1.49. The summed E-state index contributed by atoms with van der Waals surface area (Å²) in [6.45, 7) is 3.73. The Morgan fingerprint density at radius 3 is 2.80 bits per heavy atom. The molecule has 7 heteroatoms. The van der Waals surface area contributed by atoms with Gasteiger partial charge in [0.2, 0.25) is 11.9 Å². The minimum Gasteiger partial charge on any atom is -0.461 e. The quantitative estimate of drug-likeness (QED) is 0.872. The summed E-state index contributed by atoms with van der Waals surface area (Å²) in [5.41, 5.74) is 6.83. The Morgan fingerprint density at radius 2 is 2.10 bits per heavy atom. The predicted molar refractivity (Wildman–Crippen MR) is 74.4 cm³/mol. The molecule has 20 heavy (non-hydrogen) atoms. The fraction of sp³-hybridized carbons (Fsp3) is 0.231. The third-order valence-electron chi connectivity index (χ3n) is 2.22. The van der Waals surface area contributed by atoms with Crippen LogP contribution in [-0.2, 0) is 0 Å². The average molecular weight is 270 g/mol. The lowest BCUT2D eigenvalue weighted by atomic mass is 10.2. The molecule has 0 aliphatic carbocycles. The van der Waals surface area contributed by atoms with Crippen LogP contribution in [-0.4, -0.2) is 21.1 Å². The van der Waals surface area contributed by atoms with Gasteiger partial charge < -0.3 is 15.8 Å². The number of nitrogens with two attached hydrogens (primary N) is 1. The van der Waals surface area contributed by atoms with Crippen LogP contribution in [0, 0.1) is 11.3 Å². The Bertz CT molecular complexity index is 650. The van der Waals surface area contributed by atoms with Crippen molar-refractivity contribution in [1.29, 1.82) is 5.26 Å². The van der Waals surface area contributed by atoms with Gasteiger partial charge in [0.25, 0.3) is 0 Å². The van der Waals surface area contributed by atoms with Gasteiger partial charge in [-0.1, -0.05) is 6.07 Å². The third-order valence-corrected chi connectivity index (χ3v) is 2.22. The second-order valence-corrected chi connectivity index (χ2v) is 4.28. The van der Waals surface area contributed by atoms with Crippen molar-refractivity contribution >= 4 is 17.6 Å². The lowest BCUT2D eigenvalue weighted by Crippen LogP contribution is -2.11. The Hall–Kier alpha value is -2.88. The van der Waals surface area contributed by atoms with Crippen molar-refractivity contribution in [2.45, 2.75) is 20.0 Å². The molecule has 3 N–H and O–H groups in total. The molecule has 2 aromatic rings. The zero-order valence-electron chi connectivity index (χ0n) is 11.2. The smallest absolute Gasteiger partial charge is 0.323 e. The maximum atomic E-state index is 8.86. The van der Waals surface area contributed by atoms with Gasteiger partial charge >= 0.3 is 6.01 Å². The van der Waals surface area contributed by atoms with E-state index in [9.17, 15) is 0 Å². The van der Waals surface area contributed by atoms with Crippen molar-refractivity contribution in [3.8, 4) is 12.1 Å². The molecule has 7 nitrogen and oxygen atoms in total. The topological polar surface area (TPSA) is 110 Å². The Morgan fingerprint density at radius 1 is 1.30 bits per heavy atom. The normalized spacial score (nSPS) is 10.1. The van der Waals surface area contributed by atoms with Gasteiger partial charge in [-0.05, 0) is 32.0 Å². The van der Waals surface area contributed by atoms with E-state index in [1.54, 1.807) is 24.3 Å². The number of aromatic nitrogens is 3. The molecule has 0 radical (unpaired) electrons. The number of nitrogens with zero attached hydrogens (tertiary/aromatic N) is 4. The maximum absolute atomic E-state index is 8.86. The average Bonchev–Trinajstić information content (AvgIpc) is 2.37. The van der Waals surface area contributed by atoms with E-state index < -0.39 is 0 Å². The first-order valence-electron chi connectivity index (χ1n) is 6.02. The minimum absolute atomic E-state index is 0.0634. The largest absolute Gasteiger partial charge is 0.461 e. The summed E-state index contributed by atoms with van der Waals surface area (Å²) in [5, 5.41) is 11.8. The van der Waals surface area contributed by atoms with Crippen LogP contribution in [0.2, 0.25) is 0 Å². The number of rotatable bonds is 4. The first-order chi connectivity index (χ1) is 9.56. The fourth-order valence-corrected chi connectivity index (χ4v) is 1.49. The molecule has 1 aromatic carbocycles. The molecule has 0 saturated carbocycles. The van der Waals surface area contributed by atoms with Gasteiger partial charge in [-0.15, -0.1) is 0 Å². The van der Waals surface area contributed by atoms with Gasteiger partial charge in [0, 0.05) is 5.69 Å². The maximum Gasteiger partial charge on any atom is 0.323 e. The monoisotopic (exact) mass is 270 g/mol. The molecule has 0 aliphatic heterocycles. The summed E-state index contributed by atoms with van der Waals surface area (Å²) in [4.78, 5) is 12.0. The number of nitrogens with one attached hydrogen (secondary N) is 1. The van der Waals surface area contributed by atoms with Crippen LogP contribution in [0.4, 0.5) is 17.6 Å². The van der Waals surface area contributed by atoms with E-state index in [0.29, 0.717) is 11.3 Å². The number of benzene rings is 1. The lowest BCUT2D eigenvalue weighted by Gasteiger charge is -2.10. The molecule has 0 amide bonds. The van der Waals surface area contributed by atoms with E-state index in [1.165, 1.54) is 0 Å². The minimum atomic E-state index is -0.0634. The SMILES string of the molecule is CC(C)Oc1nc(N)nc(Nc2cccc(C#N)c2)n1. The summed E-state index contributed by atoms with van der Waals surface area (Å²) < 4.78 is 5.38. The van der Waals surface area contributed by atoms with Gasteiger partial charge in [0.1, 0.15) is 0 Å². The first-order valence-corrected chi connectivity index (χ1v) is 6.02. The van der Waals surface area contributed by atoms with E-state index in [4.69, 9.17) is 15.7 Å². The molecule has 0 bridgehead atoms. The van der Waals surface area contributed by atoms with E-state index >= 15 is 0 Å². The number of hydrogen-bond acceptors (Lipinski definition) is 7. The Labute approximate surface area is 116 Å². The molecule has 0 spiro atoms. The van der Waals surface area contributed by atoms with Crippen LogP contribution in [0.3, 0.4) is 0 Å². The van der Waals surface area contributed by atoms with E-state index in [1.807, 2.05) is 13.8 Å². The van der Waals surface area contributed by atoms with Crippen molar-refractivity contribution in [2.75, 3.05) is 11.1 Å². The molecule has 0 saturated heterocycles. The molecule has 0 atom stereocenters. The molecule has 0 aliphatic rings. The zero-order chi connectivity index (χ0) is 14.5. The first kappa shape index (κ1) is 13.5. The van der Waals surface area contributed by atoms with Gasteiger partial charge in [-0.3, -0.25) is 0 Å². The van der Waals surface area contributed by atoms with Crippen LogP contribution >= 0.6 is 0 Å². The van der Waals surface area contributed by atoms with E-state index in [0.717, 1.165) is 0 Å². The highest BCUT2D eigenvalue weighted by molar-refractivity contribution is 5.56. The van der Waals surface area contributed by atoms with Crippen molar-refractivity contribution in [1.82, 2.24) is 15.0 Å². The summed E-state index contributed by atoms with van der Waals surface area (Å²) in [6.07, 6.45) is -0.0634. The van der Waals surface area contributed by atoms with Gasteiger partial charge in [-0.25, -0.2) is 0 Å².